The first-order chi connectivity index (χ1) is 13.1. The second-order valence-electron chi connectivity index (χ2n) is 6.88. The molecule has 0 unspecified atom stereocenters. The fraction of sp³-hybridized carbons (Fsp3) is 0.286. The van der Waals surface area contributed by atoms with Crippen LogP contribution in [0.4, 0.5) is 0 Å². The van der Waals surface area contributed by atoms with Crippen LogP contribution in [0.1, 0.15) is 18.4 Å². The number of aromatic nitrogens is 1. The van der Waals surface area contributed by atoms with Crippen molar-refractivity contribution in [1.29, 1.82) is 0 Å². The number of pyridine rings is 1. The van der Waals surface area contributed by atoms with Crippen molar-refractivity contribution in [3.05, 3.63) is 68.9 Å². The lowest BCUT2D eigenvalue weighted by Gasteiger charge is -2.32. The molecule has 6 heteroatoms. The fourth-order valence-corrected chi connectivity index (χ4v) is 5.89. The zero-order valence-electron chi connectivity index (χ0n) is 14.7. The zero-order chi connectivity index (χ0) is 18.8. The van der Waals surface area contributed by atoms with Crippen LogP contribution in [0.15, 0.2) is 58.2 Å². The average molecular weight is 482 g/mol. The van der Waals surface area contributed by atoms with Crippen molar-refractivity contribution >= 4 is 61.7 Å². The molecule has 0 atom stereocenters. The lowest BCUT2D eigenvalue weighted by molar-refractivity contribution is 0.225. The first kappa shape index (κ1) is 19.5. The minimum atomic E-state index is 0.639. The second kappa shape index (κ2) is 8.71. The normalized spacial score (nSPS) is 16.1. The molecule has 2 heterocycles. The molecule has 140 valence electrons. The summed E-state index contributed by atoms with van der Waals surface area (Å²) in [6.07, 6.45) is 6.12. The van der Waals surface area contributed by atoms with Gasteiger partial charge in [0.05, 0.1) is 0 Å². The third-order valence-corrected chi connectivity index (χ3v) is 7.60. The molecule has 0 aliphatic carbocycles. The Balaban J connectivity index is 1.37. The number of fused-ring (bicyclic) bond motifs is 1. The molecule has 1 fully saturated rings. The van der Waals surface area contributed by atoms with Crippen LogP contribution in [-0.4, -0.2) is 28.2 Å². The van der Waals surface area contributed by atoms with Gasteiger partial charge in [0.25, 0.3) is 0 Å². The highest BCUT2D eigenvalue weighted by atomic mass is 79.9. The van der Waals surface area contributed by atoms with Gasteiger partial charge in [0.1, 0.15) is 0 Å². The van der Waals surface area contributed by atoms with Crippen LogP contribution in [0.3, 0.4) is 0 Å². The summed E-state index contributed by atoms with van der Waals surface area (Å²) in [6, 6.07) is 12.3. The molecule has 2 aromatic carbocycles. The van der Waals surface area contributed by atoms with Gasteiger partial charge in [-0.1, -0.05) is 23.2 Å². The van der Waals surface area contributed by atoms with Gasteiger partial charge >= 0.3 is 0 Å². The number of thioether (sulfide) groups is 1. The maximum atomic E-state index is 6.12. The highest BCUT2D eigenvalue weighted by Gasteiger charge is 2.21. The van der Waals surface area contributed by atoms with E-state index in [1.165, 1.54) is 34.1 Å². The van der Waals surface area contributed by atoms with Crippen LogP contribution in [0, 0.1) is 0 Å². The van der Waals surface area contributed by atoms with Crippen molar-refractivity contribution in [2.45, 2.75) is 29.5 Å². The zero-order valence-corrected chi connectivity index (χ0v) is 18.6. The van der Waals surface area contributed by atoms with Gasteiger partial charge in [-0.15, -0.1) is 11.8 Å². The first-order valence-corrected chi connectivity index (χ1v) is 11.4. The number of hydrogen-bond acceptors (Lipinski definition) is 3. The quantitative estimate of drug-likeness (QED) is 0.396. The van der Waals surface area contributed by atoms with Crippen LogP contribution >= 0.6 is 50.9 Å². The molecule has 3 aromatic rings. The van der Waals surface area contributed by atoms with Crippen molar-refractivity contribution in [1.82, 2.24) is 9.88 Å². The molecule has 0 bridgehead atoms. The molecular formula is C21H19BrCl2N2S. The molecule has 4 rings (SSSR count). The summed E-state index contributed by atoms with van der Waals surface area (Å²) in [5.41, 5.74) is 1.18. The summed E-state index contributed by atoms with van der Waals surface area (Å²) < 4.78 is 1.16. The van der Waals surface area contributed by atoms with E-state index in [4.69, 9.17) is 23.2 Å². The molecular weight excluding hydrogens is 463 g/mol. The van der Waals surface area contributed by atoms with E-state index < -0.39 is 0 Å². The number of benzene rings is 2. The number of rotatable bonds is 4. The molecule has 1 aliphatic heterocycles. The summed E-state index contributed by atoms with van der Waals surface area (Å²) >= 11 is 18.0. The van der Waals surface area contributed by atoms with Crippen molar-refractivity contribution in [2.24, 2.45) is 0 Å². The molecule has 0 N–H and O–H groups in total. The highest BCUT2D eigenvalue weighted by Crippen LogP contribution is 2.37. The highest BCUT2D eigenvalue weighted by molar-refractivity contribution is 9.10. The van der Waals surface area contributed by atoms with E-state index in [-0.39, 0.29) is 0 Å². The van der Waals surface area contributed by atoms with E-state index >= 15 is 0 Å². The van der Waals surface area contributed by atoms with Gasteiger partial charge in [0.15, 0.2) is 0 Å². The molecule has 27 heavy (non-hydrogen) atoms. The monoisotopic (exact) mass is 480 g/mol. The molecule has 0 radical (unpaired) electrons. The molecule has 1 aliphatic rings. The standard InChI is InChI=1S/C21H19BrCl2N2S/c22-20-9-16-12-25-4-1-15(16)10-21(20)27-19-2-5-26(6-3-19)13-14-7-17(23)11-18(24)8-14/h1,4,7-12,19H,2-3,5-6,13H2. The van der Waals surface area contributed by atoms with Crippen molar-refractivity contribution in [3.8, 4) is 0 Å². The largest absolute Gasteiger partial charge is 0.299 e. The number of halogens is 3. The molecule has 1 saturated heterocycles. The lowest BCUT2D eigenvalue weighted by Crippen LogP contribution is -2.34. The van der Waals surface area contributed by atoms with E-state index in [9.17, 15) is 0 Å². The van der Waals surface area contributed by atoms with Crippen LogP contribution in [-0.2, 0) is 6.54 Å². The maximum Gasteiger partial charge on any atom is 0.0424 e. The van der Waals surface area contributed by atoms with Crippen molar-refractivity contribution in [3.63, 3.8) is 0 Å². The predicted molar refractivity (Wildman–Crippen MR) is 120 cm³/mol. The average Bonchev–Trinajstić information content (AvgIpc) is 2.63. The van der Waals surface area contributed by atoms with Crippen LogP contribution in [0.2, 0.25) is 10.0 Å². The van der Waals surface area contributed by atoms with E-state index in [1.807, 2.05) is 36.3 Å². The lowest BCUT2D eigenvalue weighted by atomic mass is 10.1. The minimum Gasteiger partial charge on any atom is -0.299 e. The van der Waals surface area contributed by atoms with Crippen LogP contribution < -0.4 is 0 Å². The predicted octanol–water partition coefficient (Wildman–Crippen LogP) is 7.06. The van der Waals surface area contributed by atoms with Gasteiger partial charge in [-0.3, -0.25) is 9.88 Å². The molecule has 0 spiro atoms. The third-order valence-electron chi connectivity index (χ3n) is 4.85. The summed E-state index contributed by atoms with van der Waals surface area (Å²) in [5, 5.41) is 4.47. The maximum absolute atomic E-state index is 6.12. The Morgan fingerprint density at radius 2 is 1.78 bits per heavy atom. The molecule has 1 aromatic heterocycles. The Hall–Kier alpha value is -0.780. The SMILES string of the molecule is Clc1cc(Cl)cc(CN2CCC(Sc3cc4ccncc4cc3Br)CC2)c1. The number of nitrogens with zero attached hydrogens (tertiary/aromatic N) is 2. The third kappa shape index (κ3) is 4.99. The summed E-state index contributed by atoms with van der Waals surface area (Å²) in [6.45, 7) is 3.10. The van der Waals surface area contributed by atoms with Crippen molar-refractivity contribution in [2.75, 3.05) is 13.1 Å². The van der Waals surface area contributed by atoms with E-state index in [0.29, 0.717) is 15.3 Å². The van der Waals surface area contributed by atoms with Crippen molar-refractivity contribution < 1.29 is 0 Å². The minimum absolute atomic E-state index is 0.639. The van der Waals surface area contributed by atoms with Gasteiger partial charge in [0, 0.05) is 49.0 Å². The number of likely N-dealkylation sites (tertiary alicyclic amines) is 1. The van der Waals surface area contributed by atoms with Gasteiger partial charge in [-0.2, -0.15) is 0 Å². The smallest absolute Gasteiger partial charge is 0.0424 e. The summed E-state index contributed by atoms with van der Waals surface area (Å²) in [4.78, 5) is 8.00. The Morgan fingerprint density at radius 1 is 1.04 bits per heavy atom. The number of hydrogen-bond donors (Lipinski definition) is 0. The Labute approximate surface area is 182 Å². The topological polar surface area (TPSA) is 16.1 Å². The van der Waals surface area contributed by atoms with Gasteiger partial charge in [-0.25, -0.2) is 0 Å². The second-order valence-corrected chi connectivity index (χ2v) is 9.95. The van der Waals surface area contributed by atoms with Gasteiger partial charge < -0.3 is 0 Å². The van der Waals surface area contributed by atoms with E-state index in [2.05, 4.69) is 44.0 Å². The van der Waals surface area contributed by atoms with Crippen LogP contribution in [0.5, 0.6) is 0 Å². The molecule has 2 nitrogen and oxygen atoms in total. The fourth-order valence-electron chi connectivity index (χ4n) is 3.50. The van der Waals surface area contributed by atoms with Gasteiger partial charge in [-0.05, 0) is 89.2 Å². The molecule has 0 amide bonds. The molecule has 0 saturated carbocycles. The Bertz CT molecular complexity index is 938. The van der Waals surface area contributed by atoms with E-state index in [0.717, 1.165) is 24.1 Å². The summed E-state index contributed by atoms with van der Waals surface area (Å²) in [5.74, 6) is 0. The number of piperidine rings is 1. The van der Waals surface area contributed by atoms with E-state index in [1.54, 1.807) is 6.07 Å². The Morgan fingerprint density at radius 3 is 2.52 bits per heavy atom. The summed E-state index contributed by atoms with van der Waals surface area (Å²) in [7, 11) is 0. The first-order valence-electron chi connectivity index (χ1n) is 8.94. The Kier molecular flexibility index (Phi) is 6.30. The van der Waals surface area contributed by atoms with Gasteiger partial charge in [0.2, 0.25) is 0 Å². The van der Waals surface area contributed by atoms with Crippen LogP contribution in [0.25, 0.3) is 10.8 Å².